The molecule has 0 radical (unpaired) electrons. The molecule has 3 aromatic rings. The maximum atomic E-state index is 13.3. The molecule has 0 fully saturated rings. The van der Waals surface area contributed by atoms with Gasteiger partial charge in [0.1, 0.15) is 0 Å². The number of nitrogens with zero attached hydrogens (tertiary/aromatic N) is 3. The molecule has 0 spiro atoms. The first-order valence-corrected chi connectivity index (χ1v) is 10.8. The van der Waals surface area contributed by atoms with Crippen molar-refractivity contribution in [2.45, 2.75) is 19.8 Å². The molecule has 0 N–H and O–H groups in total. The first kappa shape index (κ1) is 23.9. The van der Waals surface area contributed by atoms with Crippen LogP contribution < -0.4 is 4.90 Å². The number of carbonyl (C=O) groups is 1. The third-order valence-corrected chi connectivity index (χ3v) is 6.08. The molecule has 0 atom stereocenters. The molecule has 0 aliphatic carbocycles. The van der Waals surface area contributed by atoms with Crippen LogP contribution in [0.3, 0.4) is 0 Å². The van der Waals surface area contributed by atoms with Crippen LogP contribution in [-0.2, 0) is 6.42 Å². The highest BCUT2D eigenvalue weighted by Gasteiger charge is 2.23. The number of rotatable bonds is 7. The molecule has 4 nitrogen and oxygen atoms in total. The lowest BCUT2D eigenvalue weighted by molar-refractivity contribution is 0.0986. The number of aryl methyl sites for hydroxylation is 1. The van der Waals surface area contributed by atoms with E-state index in [-0.39, 0.29) is 18.3 Å². The Hall–Kier alpha value is -1.37. The van der Waals surface area contributed by atoms with Gasteiger partial charge in [0, 0.05) is 11.6 Å². The number of benzene rings is 2. The largest absolute Gasteiger partial charge is 0.309 e. The fraction of sp³-hybridized carbons (Fsp3) is 0.333. The van der Waals surface area contributed by atoms with Crippen LogP contribution in [0.4, 0.5) is 5.13 Å². The van der Waals surface area contributed by atoms with Crippen molar-refractivity contribution < 1.29 is 4.79 Å². The van der Waals surface area contributed by atoms with Crippen molar-refractivity contribution in [3.63, 3.8) is 0 Å². The van der Waals surface area contributed by atoms with Gasteiger partial charge >= 0.3 is 0 Å². The van der Waals surface area contributed by atoms with Crippen molar-refractivity contribution in [2.24, 2.45) is 0 Å². The van der Waals surface area contributed by atoms with Crippen molar-refractivity contribution in [1.82, 2.24) is 9.88 Å². The summed E-state index contributed by atoms with van der Waals surface area (Å²) in [6.45, 7) is 3.56. The lowest BCUT2D eigenvalue weighted by Gasteiger charge is -2.21. The summed E-state index contributed by atoms with van der Waals surface area (Å²) in [5, 5.41) is 1.56. The van der Waals surface area contributed by atoms with Gasteiger partial charge in [0.2, 0.25) is 0 Å². The molecule has 2 aromatic carbocycles. The molecule has 3 rings (SSSR count). The molecule has 8 heteroatoms. The molecular formula is C21H24Cl3N3OS. The maximum absolute atomic E-state index is 13.3. The van der Waals surface area contributed by atoms with Crippen molar-refractivity contribution in [3.8, 4) is 0 Å². The maximum Gasteiger partial charge on any atom is 0.261 e. The molecule has 29 heavy (non-hydrogen) atoms. The SMILES string of the molecule is CCc1ccc2nc(N(CCCN(C)C)C(=O)c3cc(Cl)ccc3Cl)sc2c1.Cl. The van der Waals surface area contributed by atoms with Crippen molar-refractivity contribution >= 4 is 68.2 Å². The van der Waals surface area contributed by atoms with Crippen LogP contribution in [0.25, 0.3) is 10.2 Å². The van der Waals surface area contributed by atoms with Gasteiger partial charge in [0.25, 0.3) is 5.91 Å². The van der Waals surface area contributed by atoms with Crippen LogP contribution in [0.15, 0.2) is 36.4 Å². The van der Waals surface area contributed by atoms with Gasteiger partial charge in [-0.3, -0.25) is 9.69 Å². The molecule has 156 valence electrons. The number of carbonyl (C=O) groups excluding carboxylic acids is 1. The number of fused-ring (bicyclic) bond motifs is 1. The van der Waals surface area contributed by atoms with Crippen molar-refractivity contribution in [1.29, 1.82) is 0 Å². The van der Waals surface area contributed by atoms with E-state index in [4.69, 9.17) is 28.2 Å². The van der Waals surface area contributed by atoms with Gasteiger partial charge in [0.05, 0.1) is 20.8 Å². The molecule has 0 bridgehead atoms. The summed E-state index contributed by atoms with van der Waals surface area (Å²) in [5.41, 5.74) is 2.55. The second-order valence-electron chi connectivity index (χ2n) is 6.89. The smallest absolute Gasteiger partial charge is 0.261 e. The minimum Gasteiger partial charge on any atom is -0.309 e. The van der Waals surface area contributed by atoms with Gasteiger partial charge in [-0.1, -0.05) is 47.5 Å². The van der Waals surface area contributed by atoms with E-state index < -0.39 is 0 Å². The zero-order valence-corrected chi connectivity index (χ0v) is 19.8. The van der Waals surface area contributed by atoms with E-state index in [1.807, 2.05) is 20.2 Å². The summed E-state index contributed by atoms with van der Waals surface area (Å²) in [4.78, 5) is 21.9. The van der Waals surface area contributed by atoms with Gasteiger partial charge in [-0.05, 0) is 69.4 Å². The third-order valence-electron chi connectivity index (χ3n) is 4.47. The molecule has 0 aliphatic rings. The Kier molecular flexibility index (Phi) is 8.73. The average molecular weight is 473 g/mol. The summed E-state index contributed by atoms with van der Waals surface area (Å²) in [6, 6.07) is 11.2. The number of halogens is 3. The van der Waals surface area contributed by atoms with Crippen LogP contribution in [0, 0.1) is 0 Å². The highest BCUT2D eigenvalue weighted by atomic mass is 35.5. The first-order valence-electron chi connectivity index (χ1n) is 9.20. The number of aromatic nitrogens is 1. The first-order chi connectivity index (χ1) is 13.4. The number of anilines is 1. The van der Waals surface area contributed by atoms with E-state index in [1.54, 1.807) is 23.1 Å². The second kappa shape index (κ2) is 10.6. The Morgan fingerprint density at radius 1 is 1.10 bits per heavy atom. The molecule has 0 aliphatic heterocycles. The Bertz CT molecular complexity index is 990. The minimum atomic E-state index is -0.180. The molecule has 1 heterocycles. The standard InChI is InChI=1S/C21H23Cl2N3OS.ClH/c1-4-14-6-9-18-19(12-14)28-21(24-18)26(11-5-10-25(2)3)20(27)16-13-15(22)7-8-17(16)23;/h6-9,12-13H,4-5,10-11H2,1-3H3;1H. The lowest BCUT2D eigenvalue weighted by atomic mass is 10.2. The van der Waals surface area contributed by atoms with Crippen LogP contribution >= 0.6 is 46.9 Å². The highest BCUT2D eigenvalue weighted by Crippen LogP contribution is 2.32. The summed E-state index contributed by atoms with van der Waals surface area (Å²) >= 11 is 13.9. The van der Waals surface area contributed by atoms with E-state index in [9.17, 15) is 4.79 Å². The van der Waals surface area contributed by atoms with E-state index in [1.165, 1.54) is 16.9 Å². The van der Waals surface area contributed by atoms with E-state index >= 15 is 0 Å². The monoisotopic (exact) mass is 471 g/mol. The van der Waals surface area contributed by atoms with Gasteiger partial charge in [-0.2, -0.15) is 0 Å². The van der Waals surface area contributed by atoms with Crippen LogP contribution in [0.1, 0.15) is 29.3 Å². The summed E-state index contributed by atoms with van der Waals surface area (Å²) in [6.07, 6.45) is 1.79. The fourth-order valence-electron chi connectivity index (χ4n) is 2.93. The van der Waals surface area contributed by atoms with E-state index in [2.05, 4.69) is 24.0 Å². The van der Waals surface area contributed by atoms with Crippen molar-refractivity contribution in [2.75, 3.05) is 32.1 Å². The van der Waals surface area contributed by atoms with E-state index in [0.717, 1.165) is 29.6 Å². The summed E-state index contributed by atoms with van der Waals surface area (Å²) in [5.74, 6) is -0.180. The minimum absolute atomic E-state index is 0. The number of thiazole rings is 1. The Labute approximate surface area is 191 Å². The zero-order valence-electron chi connectivity index (χ0n) is 16.6. The molecule has 0 saturated heterocycles. The highest BCUT2D eigenvalue weighted by molar-refractivity contribution is 7.22. The number of hydrogen-bond donors (Lipinski definition) is 0. The van der Waals surface area contributed by atoms with Crippen molar-refractivity contribution in [3.05, 3.63) is 57.6 Å². The summed E-state index contributed by atoms with van der Waals surface area (Å²) in [7, 11) is 4.04. The van der Waals surface area contributed by atoms with Gasteiger partial charge < -0.3 is 4.90 Å². The predicted molar refractivity (Wildman–Crippen MR) is 128 cm³/mol. The molecule has 1 amide bonds. The van der Waals surface area contributed by atoms with Crippen LogP contribution in [0.2, 0.25) is 10.0 Å². The van der Waals surface area contributed by atoms with Gasteiger partial charge in [-0.25, -0.2) is 4.98 Å². The quantitative estimate of drug-likeness (QED) is 0.411. The third kappa shape index (κ3) is 5.83. The van der Waals surface area contributed by atoms with Crippen LogP contribution in [0.5, 0.6) is 0 Å². The normalized spacial score (nSPS) is 11.0. The topological polar surface area (TPSA) is 36.4 Å². The number of hydrogen-bond acceptors (Lipinski definition) is 4. The zero-order chi connectivity index (χ0) is 20.3. The second-order valence-corrected chi connectivity index (χ2v) is 8.74. The average Bonchev–Trinajstić information content (AvgIpc) is 3.09. The number of amides is 1. The fourth-order valence-corrected chi connectivity index (χ4v) is 4.35. The Balaban J connectivity index is 0.00000300. The summed E-state index contributed by atoms with van der Waals surface area (Å²) < 4.78 is 1.08. The Morgan fingerprint density at radius 2 is 1.86 bits per heavy atom. The predicted octanol–water partition coefficient (Wildman–Crippen LogP) is 6.19. The molecule has 0 unspecified atom stereocenters. The van der Waals surface area contributed by atoms with Gasteiger partial charge in [-0.15, -0.1) is 12.4 Å². The lowest BCUT2D eigenvalue weighted by Crippen LogP contribution is -2.33. The van der Waals surface area contributed by atoms with Gasteiger partial charge in [0.15, 0.2) is 5.13 Å². The van der Waals surface area contributed by atoms with E-state index in [0.29, 0.717) is 27.3 Å². The molecule has 0 saturated carbocycles. The van der Waals surface area contributed by atoms with Crippen LogP contribution in [-0.4, -0.2) is 43.0 Å². The Morgan fingerprint density at radius 3 is 2.55 bits per heavy atom. The molecule has 1 aromatic heterocycles. The molecular weight excluding hydrogens is 449 g/mol.